The van der Waals surface area contributed by atoms with Crippen LogP contribution < -0.4 is 15.4 Å². The molecule has 11 heteroatoms. The summed E-state index contributed by atoms with van der Waals surface area (Å²) in [6, 6.07) is 5.58. The fourth-order valence-corrected chi connectivity index (χ4v) is 1.94. The summed E-state index contributed by atoms with van der Waals surface area (Å²) in [5.41, 5.74) is -4.65. The van der Waals surface area contributed by atoms with E-state index < -0.39 is 37.3 Å². The maximum absolute atomic E-state index is 13.3. The van der Waals surface area contributed by atoms with Crippen molar-refractivity contribution in [2.45, 2.75) is 31.5 Å². The van der Waals surface area contributed by atoms with E-state index >= 15 is 0 Å². The quantitative estimate of drug-likeness (QED) is 0.592. The summed E-state index contributed by atoms with van der Waals surface area (Å²) in [7, 11) is 1.22. The molecular formula is C14H16F6N2O3. The highest BCUT2D eigenvalue weighted by atomic mass is 19.4. The summed E-state index contributed by atoms with van der Waals surface area (Å²) >= 11 is 0. The van der Waals surface area contributed by atoms with Gasteiger partial charge in [-0.25, -0.2) is 4.79 Å². The zero-order valence-electron chi connectivity index (χ0n) is 13.2. The van der Waals surface area contributed by atoms with Crippen molar-refractivity contribution in [3.05, 3.63) is 29.8 Å². The van der Waals surface area contributed by atoms with Crippen LogP contribution in [0.15, 0.2) is 24.3 Å². The Bertz CT molecular complexity index is 575. The van der Waals surface area contributed by atoms with Crippen LogP contribution in [0.4, 0.5) is 31.1 Å². The number of amides is 1. The van der Waals surface area contributed by atoms with Gasteiger partial charge in [0.1, 0.15) is 5.75 Å². The summed E-state index contributed by atoms with van der Waals surface area (Å²) in [5, 5.41) is 2.21. The maximum atomic E-state index is 13.3. The lowest BCUT2D eigenvalue weighted by Crippen LogP contribution is -2.75. The SMILES string of the molecule is CCOC(=O)NC(NCc1ccccc1OC)(C(F)(F)F)C(F)(F)F. The monoisotopic (exact) mass is 374 g/mol. The predicted molar refractivity (Wildman–Crippen MR) is 74.8 cm³/mol. The molecule has 0 heterocycles. The molecule has 1 aromatic rings. The van der Waals surface area contributed by atoms with Crippen molar-refractivity contribution in [3.8, 4) is 5.75 Å². The zero-order valence-corrected chi connectivity index (χ0v) is 13.2. The highest BCUT2D eigenvalue weighted by Crippen LogP contribution is 2.41. The number of benzene rings is 1. The van der Waals surface area contributed by atoms with E-state index in [1.807, 2.05) is 0 Å². The van der Waals surface area contributed by atoms with Crippen LogP contribution in [0.5, 0.6) is 5.75 Å². The molecule has 0 aromatic heterocycles. The molecule has 0 atom stereocenters. The van der Waals surface area contributed by atoms with E-state index in [4.69, 9.17) is 4.74 Å². The molecule has 1 rings (SSSR count). The van der Waals surface area contributed by atoms with Gasteiger partial charge >= 0.3 is 18.4 Å². The number of methoxy groups -OCH3 is 1. The first kappa shape index (κ1) is 20.9. The number of ether oxygens (including phenoxy) is 2. The molecule has 5 nitrogen and oxygen atoms in total. The van der Waals surface area contributed by atoms with Gasteiger partial charge < -0.3 is 9.47 Å². The van der Waals surface area contributed by atoms with Gasteiger partial charge in [-0.2, -0.15) is 26.3 Å². The minimum Gasteiger partial charge on any atom is -0.496 e. The Morgan fingerprint density at radius 2 is 1.64 bits per heavy atom. The Morgan fingerprint density at radius 1 is 1.08 bits per heavy atom. The Balaban J connectivity index is 3.23. The van der Waals surface area contributed by atoms with E-state index in [-0.39, 0.29) is 11.3 Å². The van der Waals surface area contributed by atoms with Gasteiger partial charge in [0.2, 0.25) is 0 Å². The predicted octanol–water partition coefficient (Wildman–Crippen LogP) is 3.35. The van der Waals surface area contributed by atoms with Crippen LogP contribution in [0, 0.1) is 0 Å². The summed E-state index contributed by atoms with van der Waals surface area (Å²) in [6.07, 6.45) is -13.6. The van der Waals surface area contributed by atoms with E-state index in [2.05, 4.69) is 4.74 Å². The van der Waals surface area contributed by atoms with Gasteiger partial charge in [-0.1, -0.05) is 18.2 Å². The first-order chi connectivity index (χ1) is 11.5. The van der Waals surface area contributed by atoms with Crippen molar-refractivity contribution in [2.75, 3.05) is 13.7 Å². The number of hydrogen-bond donors (Lipinski definition) is 2. The number of alkyl halides is 6. The number of carbonyl (C=O) groups excluding carboxylic acids is 1. The molecule has 0 unspecified atom stereocenters. The second-order valence-corrected chi connectivity index (χ2v) is 4.76. The number of halogens is 6. The molecule has 0 aliphatic rings. The first-order valence-corrected chi connectivity index (χ1v) is 6.93. The molecule has 0 saturated heterocycles. The minimum atomic E-state index is -5.89. The molecule has 2 N–H and O–H groups in total. The van der Waals surface area contributed by atoms with E-state index in [1.165, 1.54) is 43.6 Å². The molecule has 25 heavy (non-hydrogen) atoms. The molecule has 0 saturated carbocycles. The van der Waals surface area contributed by atoms with Gasteiger partial charge in [-0.05, 0) is 13.0 Å². The molecule has 0 spiro atoms. The van der Waals surface area contributed by atoms with E-state index in [1.54, 1.807) is 0 Å². The normalized spacial score (nSPS) is 12.6. The molecule has 142 valence electrons. The van der Waals surface area contributed by atoms with Crippen LogP contribution in [0.25, 0.3) is 0 Å². The standard InChI is InChI=1S/C14H16F6N2O3/c1-3-25-11(23)22-12(13(15,16)17,14(18,19)20)21-8-9-6-4-5-7-10(9)24-2/h4-7,21H,3,8H2,1-2H3,(H,22,23). The van der Waals surface area contributed by atoms with E-state index in [0.717, 1.165) is 5.32 Å². The lowest BCUT2D eigenvalue weighted by atomic mass is 10.1. The van der Waals surface area contributed by atoms with Crippen molar-refractivity contribution >= 4 is 6.09 Å². The average molecular weight is 374 g/mol. The summed E-state index contributed by atoms with van der Waals surface area (Å²) < 4.78 is 88.7. The lowest BCUT2D eigenvalue weighted by Gasteiger charge is -2.38. The smallest absolute Gasteiger partial charge is 0.434 e. The van der Waals surface area contributed by atoms with E-state index in [0.29, 0.717) is 0 Å². The number of hydrogen-bond acceptors (Lipinski definition) is 4. The molecule has 0 aliphatic carbocycles. The number of carbonyl (C=O) groups is 1. The molecule has 0 bridgehead atoms. The maximum Gasteiger partial charge on any atom is 0.434 e. The van der Waals surface area contributed by atoms with Crippen molar-refractivity contribution < 1.29 is 40.6 Å². The highest BCUT2D eigenvalue weighted by molar-refractivity contribution is 5.68. The Hall–Kier alpha value is -2.17. The molecule has 0 fully saturated rings. The Kier molecular flexibility index (Phi) is 6.52. The largest absolute Gasteiger partial charge is 0.496 e. The van der Waals surface area contributed by atoms with Gasteiger partial charge in [-0.15, -0.1) is 0 Å². The third-order valence-electron chi connectivity index (χ3n) is 3.15. The van der Waals surface area contributed by atoms with Crippen molar-refractivity contribution in [1.82, 2.24) is 10.6 Å². The molecular weight excluding hydrogens is 358 g/mol. The fourth-order valence-electron chi connectivity index (χ4n) is 1.94. The zero-order chi connectivity index (χ0) is 19.3. The van der Waals surface area contributed by atoms with Gasteiger partial charge in [0.15, 0.2) is 0 Å². The average Bonchev–Trinajstić information content (AvgIpc) is 2.49. The molecule has 1 amide bonds. The van der Waals surface area contributed by atoms with Crippen LogP contribution in [0.3, 0.4) is 0 Å². The number of alkyl carbamates (subject to hydrolysis) is 1. The summed E-state index contributed by atoms with van der Waals surface area (Å²) in [6.45, 7) is -0.0374. The van der Waals surface area contributed by atoms with Gasteiger partial charge in [0.05, 0.1) is 13.7 Å². The van der Waals surface area contributed by atoms with Crippen LogP contribution in [0.1, 0.15) is 12.5 Å². The lowest BCUT2D eigenvalue weighted by molar-refractivity contribution is -0.315. The van der Waals surface area contributed by atoms with Crippen LogP contribution in [-0.2, 0) is 11.3 Å². The summed E-state index contributed by atoms with van der Waals surface area (Å²) in [5.74, 6) is 0.0874. The Labute approximate surface area is 139 Å². The molecule has 1 aromatic carbocycles. The second-order valence-electron chi connectivity index (χ2n) is 4.76. The van der Waals surface area contributed by atoms with Gasteiger partial charge in [-0.3, -0.25) is 10.6 Å². The third kappa shape index (κ3) is 4.68. The fraction of sp³-hybridized carbons (Fsp3) is 0.500. The topological polar surface area (TPSA) is 59.6 Å². The van der Waals surface area contributed by atoms with Crippen molar-refractivity contribution in [2.24, 2.45) is 0 Å². The second kappa shape index (κ2) is 7.81. The van der Waals surface area contributed by atoms with E-state index in [9.17, 15) is 31.1 Å². The molecule has 0 radical (unpaired) electrons. The van der Waals surface area contributed by atoms with Crippen molar-refractivity contribution in [3.63, 3.8) is 0 Å². The number of para-hydroxylation sites is 1. The number of nitrogens with one attached hydrogen (secondary N) is 2. The van der Waals surface area contributed by atoms with Gasteiger partial charge in [0.25, 0.3) is 5.66 Å². The van der Waals surface area contributed by atoms with Gasteiger partial charge in [0, 0.05) is 12.1 Å². The first-order valence-electron chi connectivity index (χ1n) is 6.93. The molecule has 0 aliphatic heterocycles. The highest BCUT2D eigenvalue weighted by Gasteiger charge is 2.72. The number of rotatable bonds is 6. The van der Waals surface area contributed by atoms with Crippen LogP contribution in [-0.4, -0.2) is 37.8 Å². The minimum absolute atomic E-state index is 0.0357. The summed E-state index contributed by atoms with van der Waals surface area (Å²) in [4.78, 5) is 11.3. The van der Waals surface area contributed by atoms with Crippen molar-refractivity contribution in [1.29, 1.82) is 0 Å². The van der Waals surface area contributed by atoms with Crippen LogP contribution in [0.2, 0.25) is 0 Å². The van der Waals surface area contributed by atoms with Crippen LogP contribution >= 0.6 is 0 Å². The Morgan fingerprint density at radius 3 is 2.12 bits per heavy atom. The third-order valence-corrected chi connectivity index (χ3v) is 3.15.